The van der Waals surface area contributed by atoms with E-state index in [1.54, 1.807) is 0 Å². The van der Waals surface area contributed by atoms with E-state index in [4.69, 9.17) is 4.74 Å². The van der Waals surface area contributed by atoms with Crippen molar-refractivity contribution in [2.45, 2.75) is 19.8 Å². The van der Waals surface area contributed by atoms with Crippen LogP contribution in [0, 0.1) is 5.92 Å². The molecule has 0 saturated carbocycles. The third-order valence-corrected chi connectivity index (χ3v) is 5.50. The van der Waals surface area contributed by atoms with E-state index in [0.29, 0.717) is 32.6 Å². The van der Waals surface area contributed by atoms with Crippen LogP contribution in [0.1, 0.15) is 18.9 Å². The molecule has 6 heteroatoms. The summed E-state index contributed by atoms with van der Waals surface area (Å²) in [5.74, 6) is 0.362. The van der Waals surface area contributed by atoms with Crippen LogP contribution in [0.3, 0.4) is 0 Å². The molecule has 27 heavy (non-hydrogen) atoms. The van der Waals surface area contributed by atoms with Crippen molar-refractivity contribution >= 4 is 11.8 Å². The molecular formula is C21H31N3O3. The molecule has 0 aliphatic carbocycles. The zero-order valence-corrected chi connectivity index (χ0v) is 16.3. The van der Waals surface area contributed by atoms with Crippen LogP contribution in [0.25, 0.3) is 0 Å². The smallest absolute Gasteiger partial charge is 0.225 e. The minimum absolute atomic E-state index is 0.0315. The lowest BCUT2D eigenvalue weighted by Gasteiger charge is -2.36. The van der Waals surface area contributed by atoms with Gasteiger partial charge in [0.2, 0.25) is 11.8 Å². The SMILES string of the molecule is CC(Cc1ccccc1)C(=O)N1CCN(C(=O)CCN2CCOCC2)CC1. The lowest BCUT2D eigenvalue weighted by atomic mass is 9.99. The summed E-state index contributed by atoms with van der Waals surface area (Å²) in [5, 5.41) is 0. The predicted molar refractivity (Wildman–Crippen MR) is 104 cm³/mol. The number of rotatable bonds is 6. The third-order valence-electron chi connectivity index (χ3n) is 5.50. The van der Waals surface area contributed by atoms with Gasteiger partial charge < -0.3 is 14.5 Å². The van der Waals surface area contributed by atoms with E-state index in [1.807, 2.05) is 34.9 Å². The molecule has 1 atom stereocenters. The molecule has 2 fully saturated rings. The molecule has 6 nitrogen and oxygen atoms in total. The highest BCUT2D eigenvalue weighted by Gasteiger charge is 2.27. The Morgan fingerprint density at radius 1 is 0.963 bits per heavy atom. The van der Waals surface area contributed by atoms with Gasteiger partial charge in [0.15, 0.2) is 0 Å². The van der Waals surface area contributed by atoms with Gasteiger partial charge in [0.25, 0.3) is 0 Å². The second kappa shape index (κ2) is 9.85. The number of hydrogen-bond acceptors (Lipinski definition) is 4. The highest BCUT2D eigenvalue weighted by molar-refractivity contribution is 5.80. The highest BCUT2D eigenvalue weighted by Crippen LogP contribution is 2.14. The molecule has 0 bridgehead atoms. The molecule has 0 aromatic heterocycles. The maximum atomic E-state index is 12.7. The lowest BCUT2D eigenvalue weighted by Crippen LogP contribution is -2.52. The fraction of sp³-hybridized carbons (Fsp3) is 0.619. The Kier molecular flexibility index (Phi) is 7.24. The molecule has 0 spiro atoms. The zero-order valence-electron chi connectivity index (χ0n) is 16.3. The lowest BCUT2D eigenvalue weighted by molar-refractivity contribution is -0.142. The summed E-state index contributed by atoms with van der Waals surface area (Å²) in [7, 11) is 0. The summed E-state index contributed by atoms with van der Waals surface area (Å²) in [5.41, 5.74) is 1.19. The summed E-state index contributed by atoms with van der Waals surface area (Å²) in [6.07, 6.45) is 1.32. The Hall–Kier alpha value is -1.92. The molecule has 2 heterocycles. The fourth-order valence-corrected chi connectivity index (χ4v) is 3.78. The largest absolute Gasteiger partial charge is 0.379 e. The molecule has 1 aromatic rings. The van der Waals surface area contributed by atoms with Gasteiger partial charge in [-0.15, -0.1) is 0 Å². The normalized spacial score (nSPS) is 19.7. The first kappa shape index (κ1) is 19.8. The number of benzene rings is 1. The number of amides is 2. The van der Waals surface area contributed by atoms with E-state index < -0.39 is 0 Å². The van der Waals surface area contributed by atoms with Crippen molar-refractivity contribution in [2.24, 2.45) is 5.92 Å². The first-order valence-corrected chi connectivity index (χ1v) is 10.0. The van der Waals surface area contributed by atoms with E-state index in [-0.39, 0.29) is 17.7 Å². The van der Waals surface area contributed by atoms with Gasteiger partial charge in [-0.05, 0) is 12.0 Å². The predicted octanol–water partition coefficient (Wildman–Crippen LogP) is 1.26. The molecule has 1 unspecified atom stereocenters. The van der Waals surface area contributed by atoms with Gasteiger partial charge in [0, 0.05) is 58.2 Å². The average molecular weight is 373 g/mol. The first-order chi connectivity index (χ1) is 13.1. The van der Waals surface area contributed by atoms with E-state index in [2.05, 4.69) is 17.0 Å². The molecule has 148 valence electrons. The van der Waals surface area contributed by atoms with E-state index in [0.717, 1.165) is 39.3 Å². The molecule has 1 aromatic carbocycles. The minimum Gasteiger partial charge on any atom is -0.379 e. The van der Waals surface area contributed by atoms with Crippen LogP contribution in [-0.2, 0) is 20.7 Å². The van der Waals surface area contributed by atoms with Crippen LogP contribution in [0.4, 0.5) is 0 Å². The van der Waals surface area contributed by atoms with Gasteiger partial charge in [0.1, 0.15) is 0 Å². The quantitative estimate of drug-likeness (QED) is 0.753. The molecule has 3 rings (SSSR count). The van der Waals surface area contributed by atoms with E-state index in [9.17, 15) is 9.59 Å². The van der Waals surface area contributed by atoms with Crippen molar-refractivity contribution in [1.82, 2.24) is 14.7 Å². The highest BCUT2D eigenvalue weighted by atomic mass is 16.5. The number of carbonyl (C=O) groups excluding carboxylic acids is 2. The van der Waals surface area contributed by atoms with Gasteiger partial charge in [-0.25, -0.2) is 0 Å². The zero-order chi connectivity index (χ0) is 19.1. The molecule has 2 amide bonds. The maximum Gasteiger partial charge on any atom is 0.225 e. The van der Waals surface area contributed by atoms with Crippen LogP contribution in [0.15, 0.2) is 30.3 Å². The van der Waals surface area contributed by atoms with Crippen molar-refractivity contribution in [1.29, 1.82) is 0 Å². The van der Waals surface area contributed by atoms with Gasteiger partial charge in [0.05, 0.1) is 13.2 Å². The van der Waals surface area contributed by atoms with Crippen LogP contribution >= 0.6 is 0 Å². The number of carbonyl (C=O) groups is 2. The van der Waals surface area contributed by atoms with Crippen molar-refractivity contribution in [3.63, 3.8) is 0 Å². The molecule has 2 aliphatic heterocycles. The van der Waals surface area contributed by atoms with Gasteiger partial charge in [-0.3, -0.25) is 14.5 Å². The Balaban J connectivity index is 1.39. The Morgan fingerprint density at radius 3 is 2.26 bits per heavy atom. The van der Waals surface area contributed by atoms with Gasteiger partial charge in [-0.1, -0.05) is 37.3 Å². The maximum absolute atomic E-state index is 12.7. The number of piperazine rings is 1. The summed E-state index contributed by atoms with van der Waals surface area (Å²) in [6.45, 7) is 8.71. The number of nitrogens with zero attached hydrogens (tertiary/aromatic N) is 3. The number of ether oxygens (including phenoxy) is 1. The Labute approximate surface area is 162 Å². The fourth-order valence-electron chi connectivity index (χ4n) is 3.78. The van der Waals surface area contributed by atoms with Crippen molar-refractivity contribution in [3.05, 3.63) is 35.9 Å². The van der Waals surface area contributed by atoms with Crippen LogP contribution < -0.4 is 0 Å². The summed E-state index contributed by atoms with van der Waals surface area (Å²) < 4.78 is 5.34. The minimum atomic E-state index is -0.0315. The van der Waals surface area contributed by atoms with Crippen LogP contribution in [0.5, 0.6) is 0 Å². The summed E-state index contributed by atoms with van der Waals surface area (Å²) >= 11 is 0. The topological polar surface area (TPSA) is 53.1 Å². The summed E-state index contributed by atoms with van der Waals surface area (Å²) in [6, 6.07) is 10.1. The number of hydrogen-bond donors (Lipinski definition) is 0. The molecule has 2 aliphatic rings. The molecule has 0 radical (unpaired) electrons. The van der Waals surface area contributed by atoms with Gasteiger partial charge >= 0.3 is 0 Å². The first-order valence-electron chi connectivity index (χ1n) is 10.0. The monoisotopic (exact) mass is 373 g/mol. The molecular weight excluding hydrogens is 342 g/mol. The van der Waals surface area contributed by atoms with Crippen molar-refractivity contribution < 1.29 is 14.3 Å². The Morgan fingerprint density at radius 2 is 1.59 bits per heavy atom. The van der Waals surface area contributed by atoms with E-state index in [1.165, 1.54) is 5.56 Å². The second-order valence-electron chi connectivity index (χ2n) is 7.50. The second-order valence-corrected chi connectivity index (χ2v) is 7.50. The third kappa shape index (κ3) is 5.78. The summed E-state index contributed by atoms with van der Waals surface area (Å²) in [4.78, 5) is 31.3. The van der Waals surface area contributed by atoms with Gasteiger partial charge in [-0.2, -0.15) is 0 Å². The van der Waals surface area contributed by atoms with Crippen molar-refractivity contribution in [2.75, 3.05) is 59.0 Å². The standard InChI is InChI=1S/C21H31N3O3/c1-18(17-19-5-3-2-4-6-19)21(26)24-11-9-23(10-12-24)20(25)7-8-22-13-15-27-16-14-22/h2-6,18H,7-17H2,1H3. The Bertz CT molecular complexity index is 608. The van der Waals surface area contributed by atoms with Crippen LogP contribution in [-0.4, -0.2) is 85.5 Å². The molecule has 0 N–H and O–H groups in total. The van der Waals surface area contributed by atoms with Crippen molar-refractivity contribution in [3.8, 4) is 0 Å². The molecule has 2 saturated heterocycles. The number of morpholine rings is 1. The van der Waals surface area contributed by atoms with Crippen LogP contribution in [0.2, 0.25) is 0 Å². The van der Waals surface area contributed by atoms with E-state index >= 15 is 0 Å². The average Bonchev–Trinajstić information content (AvgIpc) is 2.73.